The van der Waals surface area contributed by atoms with Gasteiger partial charge in [-0.2, -0.15) is 0 Å². The van der Waals surface area contributed by atoms with Gasteiger partial charge in [0.25, 0.3) is 0 Å². The summed E-state index contributed by atoms with van der Waals surface area (Å²) in [5, 5.41) is 3.60. The molecule has 3 heterocycles. The molecule has 0 aliphatic carbocycles. The van der Waals surface area contributed by atoms with Gasteiger partial charge in [0, 0.05) is 11.8 Å². The Hall–Kier alpha value is -4.24. The van der Waals surface area contributed by atoms with Gasteiger partial charge in [-0.3, -0.25) is 4.79 Å². The lowest BCUT2D eigenvalue weighted by atomic mass is 10.1. The maximum atomic E-state index is 13.4. The molecule has 1 N–H and O–H groups in total. The molecule has 2 aromatic heterocycles. The Kier molecular flexibility index (Phi) is 6.64. The fraction of sp³-hybridized carbons (Fsp3) is 0.154. The summed E-state index contributed by atoms with van der Waals surface area (Å²) < 4.78 is 25.0. The van der Waals surface area contributed by atoms with E-state index in [1.807, 2.05) is 0 Å². The first-order chi connectivity index (χ1) is 17.5. The second-order valence-corrected chi connectivity index (χ2v) is 8.52. The van der Waals surface area contributed by atoms with Crippen molar-refractivity contribution < 1.29 is 18.7 Å². The summed E-state index contributed by atoms with van der Waals surface area (Å²) in [5.41, 5.74) is 2.53. The minimum atomic E-state index is -0.321. The maximum absolute atomic E-state index is 13.4. The Balaban J connectivity index is 1.28. The number of ether oxygens (including phenoxy) is 2. The van der Waals surface area contributed by atoms with Crippen LogP contribution in [0.3, 0.4) is 0 Å². The monoisotopic (exact) mass is 505 g/mol. The van der Waals surface area contributed by atoms with E-state index in [0.29, 0.717) is 57.8 Å². The van der Waals surface area contributed by atoms with Crippen molar-refractivity contribution in [3.05, 3.63) is 90.0 Å². The molecule has 2 aromatic carbocycles. The zero-order valence-corrected chi connectivity index (χ0v) is 19.8. The van der Waals surface area contributed by atoms with Gasteiger partial charge in [-0.1, -0.05) is 30.3 Å². The summed E-state index contributed by atoms with van der Waals surface area (Å²) in [4.78, 5) is 26.4. The lowest BCUT2D eigenvalue weighted by molar-refractivity contribution is -0.134. The van der Waals surface area contributed by atoms with Crippen LogP contribution < -0.4 is 14.8 Å². The summed E-state index contributed by atoms with van der Waals surface area (Å²) in [6.07, 6.45) is 2.59. The normalized spacial score (nSPS) is 13.2. The highest BCUT2D eigenvalue weighted by Crippen LogP contribution is 2.31. The molecule has 0 spiro atoms. The van der Waals surface area contributed by atoms with Crippen molar-refractivity contribution in [3.8, 4) is 11.6 Å². The van der Waals surface area contributed by atoms with Crippen LogP contribution in [0.15, 0.2) is 73.6 Å². The molecular formula is C26H21ClFN5O3. The molecule has 1 fully saturated rings. The topological polar surface area (TPSA) is 89.5 Å². The molecule has 0 radical (unpaired) electrons. The van der Waals surface area contributed by atoms with Crippen LogP contribution in [0.5, 0.6) is 11.6 Å². The van der Waals surface area contributed by atoms with Crippen LogP contribution in [0.4, 0.5) is 15.9 Å². The number of carbonyl (C=O) groups excluding carboxylic acids is 1. The second kappa shape index (κ2) is 10.2. The Morgan fingerprint density at radius 3 is 2.83 bits per heavy atom. The van der Waals surface area contributed by atoms with E-state index in [9.17, 15) is 9.18 Å². The number of benzene rings is 2. The molecular weight excluding hydrogens is 485 g/mol. The number of nitrogens with zero attached hydrogens (tertiary/aromatic N) is 4. The van der Waals surface area contributed by atoms with Crippen LogP contribution in [-0.2, 0) is 11.4 Å². The molecule has 4 aromatic rings. The second-order valence-electron chi connectivity index (χ2n) is 8.12. The first kappa shape index (κ1) is 23.5. The molecule has 182 valence electrons. The highest BCUT2D eigenvalue weighted by molar-refractivity contribution is 6.32. The highest BCUT2D eigenvalue weighted by atomic mass is 35.5. The quantitative estimate of drug-likeness (QED) is 0.340. The van der Waals surface area contributed by atoms with Gasteiger partial charge in [-0.15, -0.1) is 0 Å². The number of anilines is 2. The predicted molar refractivity (Wildman–Crippen MR) is 134 cm³/mol. The number of likely N-dealkylation sites (tertiary alicyclic amines) is 1. The van der Waals surface area contributed by atoms with E-state index in [1.165, 1.54) is 24.5 Å². The summed E-state index contributed by atoms with van der Waals surface area (Å²) in [6.45, 7) is 4.64. The lowest BCUT2D eigenvalue weighted by Crippen LogP contribution is -2.55. The number of hydrogen-bond acceptors (Lipinski definition) is 7. The Morgan fingerprint density at radius 1 is 1.19 bits per heavy atom. The van der Waals surface area contributed by atoms with Gasteiger partial charge in [-0.05, 0) is 48.0 Å². The van der Waals surface area contributed by atoms with E-state index in [4.69, 9.17) is 21.1 Å². The number of rotatable bonds is 8. The third kappa shape index (κ3) is 5.21. The van der Waals surface area contributed by atoms with Gasteiger partial charge in [0.05, 0.1) is 23.6 Å². The number of pyridine rings is 1. The molecule has 1 aliphatic rings. The SMILES string of the molecule is C=CC(=O)N1CC(Oc2ccc3ncnc(Nc4ccc(OCc5cccc(F)c5)c(Cl)c4)c3n2)C1. The third-order valence-corrected chi connectivity index (χ3v) is 5.85. The van der Waals surface area contributed by atoms with Gasteiger partial charge in [0.2, 0.25) is 11.8 Å². The van der Waals surface area contributed by atoms with Crippen LogP contribution in [0.2, 0.25) is 5.02 Å². The first-order valence-electron chi connectivity index (χ1n) is 11.1. The maximum Gasteiger partial charge on any atom is 0.246 e. The molecule has 0 unspecified atom stereocenters. The largest absolute Gasteiger partial charge is 0.487 e. The van der Waals surface area contributed by atoms with Gasteiger partial charge in [-0.25, -0.2) is 19.3 Å². The molecule has 1 amide bonds. The van der Waals surface area contributed by atoms with E-state index in [1.54, 1.807) is 47.4 Å². The van der Waals surface area contributed by atoms with Crippen LogP contribution in [0, 0.1) is 5.82 Å². The van der Waals surface area contributed by atoms with Crippen LogP contribution in [-0.4, -0.2) is 45.0 Å². The Labute approximate surface area is 211 Å². The van der Waals surface area contributed by atoms with Crippen LogP contribution in [0.1, 0.15) is 5.56 Å². The lowest BCUT2D eigenvalue weighted by Gasteiger charge is -2.37. The number of carbonyl (C=O) groups is 1. The van der Waals surface area contributed by atoms with Crippen molar-refractivity contribution in [2.75, 3.05) is 18.4 Å². The van der Waals surface area contributed by atoms with Gasteiger partial charge < -0.3 is 19.7 Å². The minimum Gasteiger partial charge on any atom is -0.487 e. The molecule has 5 rings (SSSR count). The average molecular weight is 506 g/mol. The minimum absolute atomic E-state index is 0.120. The standard InChI is InChI=1S/C26H21ClFN5O3/c1-2-24(34)33-12-19(13-33)36-23-9-7-21-25(32-23)26(30-15-29-21)31-18-6-8-22(20(27)11-18)35-14-16-4-3-5-17(28)10-16/h2-11,15,19H,1,12-14H2,(H,29,30,31). The molecule has 36 heavy (non-hydrogen) atoms. The van der Waals surface area contributed by atoms with Crippen molar-refractivity contribution in [1.82, 2.24) is 19.9 Å². The van der Waals surface area contributed by atoms with E-state index < -0.39 is 0 Å². The fourth-order valence-corrected chi connectivity index (χ4v) is 3.93. The fourth-order valence-electron chi connectivity index (χ4n) is 3.69. The number of aromatic nitrogens is 3. The van der Waals surface area contributed by atoms with Crippen molar-refractivity contribution >= 4 is 40.0 Å². The van der Waals surface area contributed by atoms with E-state index in [2.05, 4.69) is 26.8 Å². The van der Waals surface area contributed by atoms with Gasteiger partial charge in [0.1, 0.15) is 36.1 Å². The number of fused-ring (bicyclic) bond motifs is 1. The molecule has 0 bridgehead atoms. The van der Waals surface area contributed by atoms with Crippen molar-refractivity contribution in [2.45, 2.75) is 12.7 Å². The first-order valence-corrected chi connectivity index (χ1v) is 11.5. The number of hydrogen-bond donors (Lipinski definition) is 1. The molecule has 1 saturated heterocycles. The number of amides is 1. The van der Waals surface area contributed by atoms with E-state index >= 15 is 0 Å². The summed E-state index contributed by atoms with van der Waals surface area (Å²) >= 11 is 6.42. The molecule has 10 heteroatoms. The molecule has 8 nitrogen and oxygen atoms in total. The summed E-state index contributed by atoms with van der Waals surface area (Å²) in [7, 11) is 0. The Morgan fingerprint density at radius 2 is 2.06 bits per heavy atom. The van der Waals surface area contributed by atoms with Crippen molar-refractivity contribution in [1.29, 1.82) is 0 Å². The smallest absolute Gasteiger partial charge is 0.246 e. The molecule has 0 atom stereocenters. The third-order valence-electron chi connectivity index (χ3n) is 5.56. The van der Waals surface area contributed by atoms with Gasteiger partial charge in [0.15, 0.2) is 5.82 Å². The van der Waals surface area contributed by atoms with E-state index in [-0.39, 0.29) is 24.4 Å². The van der Waals surface area contributed by atoms with Crippen LogP contribution >= 0.6 is 11.6 Å². The molecule has 1 aliphatic heterocycles. The van der Waals surface area contributed by atoms with Crippen molar-refractivity contribution in [2.24, 2.45) is 0 Å². The van der Waals surface area contributed by atoms with Gasteiger partial charge >= 0.3 is 0 Å². The zero-order valence-electron chi connectivity index (χ0n) is 19.0. The number of halogens is 2. The summed E-state index contributed by atoms with van der Waals surface area (Å²) in [5.74, 6) is 0.920. The zero-order chi connectivity index (χ0) is 25.1. The summed E-state index contributed by atoms with van der Waals surface area (Å²) in [6, 6.07) is 15.0. The van der Waals surface area contributed by atoms with Crippen molar-refractivity contribution in [3.63, 3.8) is 0 Å². The van der Waals surface area contributed by atoms with Crippen LogP contribution in [0.25, 0.3) is 11.0 Å². The van der Waals surface area contributed by atoms with E-state index in [0.717, 1.165) is 0 Å². The highest BCUT2D eigenvalue weighted by Gasteiger charge is 2.31. The number of nitrogens with one attached hydrogen (secondary N) is 1. The predicted octanol–water partition coefficient (Wildman–Crippen LogP) is 4.92. The Bertz CT molecular complexity index is 1440. The molecule has 0 saturated carbocycles. The average Bonchev–Trinajstić information content (AvgIpc) is 2.85.